The molecule has 1 amide bonds. The van der Waals surface area contributed by atoms with E-state index < -0.39 is 0 Å². The summed E-state index contributed by atoms with van der Waals surface area (Å²) in [5.41, 5.74) is 1.84. The van der Waals surface area contributed by atoms with Crippen LogP contribution in [0.2, 0.25) is 5.02 Å². The van der Waals surface area contributed by atoms with Gasteiger partial charge in [-0.25, -0.2) is 4.98 Å². The Labute approximate surface area is 194 Å². The van der Waals surface area contributed by atoms with Crippen molar-refractivity contribution in [3.05, 3.63) is 93.7 Å². The summed E-state index contributed by atoms with van der Waals surface area (Å²) in [5.74, 6) is 0.632. The van der Waals surface area contributed by atoms with Gasteiger partial charge >= 0.3 is 0 Å². The number of nitrogens with one attached hydrogen (secondary N) is 1. The Balaban J connectivity index is 1.59. The summed E-state index contributed by atoms with van der Waals surface area (Å²) in [5, 5.41) is 4.31. The summed E-state index contributed by atoms with van der Waals surface area (Å²) in [6.45, 7) is 0.343. The molecule has 0 aliphatic carbocycles. The van der Waals surface area contributed by atoms with Crippen LogP contribution in [0.15, 0.2) is 82.7 Å². The Morgan fingerprint density at radius 3 is 2.69 bits per heavy atom. The molecule has 0 radical (unpaired) electrons. The number of para-hydroxylation sites is 2. The number of carbonyl (C=O) groups is 1. The van der Waals surface area contributed by atoms with E-state index in [0.717, 1.165) is 5.56 Å². The van der Waals surface area contributed by atoms with Gasteiger partial charge in [0.05, 0.1) is 29.5 Å². The van der Waals surface area contributed by atoms with Gasteiger partial charge in [0, 0.05) is 17.1 Å². The van der Waals surface area contributed by atoms with Crippen molar-refractivity contribution in [2.24, 2.45) is 0 Å². The molecule has 8 heteroatoms. The third-order valence-corrected chi connectivity index (χ3v) is 5.99. The average Bonchev–Trinajstić information content (AvgIpc) is 2.81. The van der Waals surface area contributed by atoms with Gasteiger partial charge in [-0.05, 0) is 36.4 Å². The second-order valence-electron chi connectivity index (χ2n) is 6.91. The molecule has 1 aromatic heterocycles. The highest BCUT2D eigenvalue weighted by atomic mass is 35.5. The predicted octanol–water partition coefficient (Wildman–Crippen LogP) is 4.46. The Morgan fingerprint density at radius 1 is 1.09 bits per heavy atom. The number of thioether (sulfide) groups is 1. The van der Waals surface area contributed by atoms with Gasteiger partial charge in [0.2, 0.25) is 5.91 Å². The molecular formula is C24H20ClN3O3S. The number of halogens is 1. The number of hydrogen-bond donors (Lipinski definition) is 1. The standard InChI is InChI=1S/C24H20ClN3O3S/c1-31-21-12-5-2-7-16(21)14-26-22(29)15-32-24-27-20-11-4-3-10-19(20)23(30)28(24)18-9-6-8-17(25)13-18/h2-13H,14-15H2,1H3,(H,26,29). The van der Waals surface area contributed by atoms with Gasteiger partial charge in [-0.15, -0.1) is 0 Å². The molecule has 4 aromatic rings. The van der Waals surface area contributed by atoms with E-state index >= 15 is 0 Å². The van der Waals surface area contributed by atoms with Crippen LogP contribution in [-0.4, -0.2) is 28.3 Å². The molecule has 6 nitrogen and oxygen atoms in total. The van der Waals surface area contributed by atoms with Gasteiger partial charge in [-0.2, -0.15) is 0 Å². The fourth-order valence-corrected chi connectivity index (χ4v) is 4.30. The molecule has 0 saturated carbocycles. The fourth-order valence-electron chi connectivity index (χ4n) is 3.28. The van der Waals surface area contributed by atoms with E-state index in [0.29, 0.717) is 39.1 Å². The third-order valence-electron chi connectivity index (χ3n) is 4.81. The zero-order chi connectivity index (χ0) is 22.5. The molecule has 0 saturated heterocycles. The number of carbonyl (C=O) groups excluding carboxylic acids is 1. The summed E-state index contributed by atoms with van der Waals surface area (Å²) in [6.07, 6.45) is 0. The van der Waals surface area contributed by atoms with Crippen molar-refractivity contribution in [3.63, 3.8) is 0 Å². The maximum atomic E-state index is 13.2. The molecule has 0 fully saturated rings. The van der Waals surface area contributed by atoms with Crippen molar-refractivity contribution in [1.82, 2.24) is 14.9 Å². The number of aromatic nitrogens is 2. The molecular weight excluding hydrogens is 446 g/mol. The maximum Gasteiger partial charge on any atom is 0.266 e. The number of nitrogens with zero attached hydrogens (tertiary/aromatic N) is 2. The Hall–Kier alpha value is -3.29. The van der Waals surface area contributed by atoms with Gasteiger partial charge in [-0.3, -0.25) is 14.2 Å². The van der Waals surface area contributed by atoms with Crippen LogP contribution < -0.4 is 15.6 Å². The van der Waals surface area contributed by atoms with Gasteiger partial charge in [0.25, 0.3) is 5.56 Å². The zero-order valence-corrected chi connectivity index (χ0v) is 18.8. The van der Waals surface area contributed by atoms with Gasteiger partial charge in [-0.1, -0.05) is 59.8 Å². The largest absolute Gasteiger partial charge is 0.496 e. The van der Waals surface area contributed by atoms with Crippen LogP contribution in [0.4, 0.5) is 0 Å². The van der Waals surface area contributed by atoms with Crippen LogP contribution in [0, 0.1) is 0 Å². The minimum Gasteiger partial charge on any atom is -0.496 e. The fraction of sp³-hybridized carbons (Fsp3) is 0.125. The molecule has 0 spiro atoms. The van der Waals surface area contributed by atoms with Crippen LogP contribution in [0.1, 0.15) is 5.56 Å². The molecule has 3 aromatic carbocycles. The number of ether oxygens (including phenoxy) is 1. The Morgan fingerprint density at radius 2 is 1.88 bits per heavy atom. The number of methoxy groups -OCH3 is 1. The van der Waals surface area contributed by atoms with Crippen LogP contribution in [0.5, 0.6) is 5.75 Å². The summed E-state index contributed by atoms with van der Waals surface area (Å²) < 4.78 is 6.81. The second kappa shape index (κ2) is 9.89. The van der Waals surface area contributed by atoms with E-state index in [1.165, 1.54) is 16.3 Å². The Kier molecular flexibility index (Phi) is 6.78. The zero-order valence-electron chi connectivity index (χ0n) is 17.2. The highest BCUT2D eigenvalue weighted by Crippen LogP contribution is 2.23. The summed E-state index contributed by atoms with van der Waals surface area (Å²) in [4.78, 5) is 30.4. The lowest BCUT2D eigenvalue weighted by molar-refractivity contribution is -0.118. The first-order valence-electron chi connectivity index (χ1n) is 9.86. The van der Waals surface area contributed by atoms with Gasteiger partial charge in [0.15, 0.2) is 5.16 Å². The summed E-state index contributed by atoms with van der Waals surface area (Å²) >= 11 is 7.35. The third kappa shape index (κ3) is 4.79. The van der Waals surface area contributed by atoms with Crippen molar-refractivity contribution >= 4 is 40.2 Å². The summed E-state index contributed by atoms with van der Waals surface area (Å²) in [6, 6.07) is 21.6. The number of amides is 1. The van der Waals surface area contributed by atoms with E-state index in [4.69, 9.17) is 16.3 Å². The predicted molar refractivity (Wildman–Crippen MR) is 128 cm³/mol. The van der Waals surface area contributed by atoms with Crippen LogP contribution in [0.25, 0.3) is 16.6 Å². The number of benzene rings is 3. The van der Waals surface area contributed by atoms with Crippen molar-refractivity contribution in [2.75, 3.05) is 12.9 Å². The normalized spacial score (nSPS) is 10.8. The first-order valence-corrected chi connectivity index (χ1v) is 11.2. The highest BCUT2D eigenvalue weighted by Gasteiger charge is 2.15. The molecule has 0 atom stereocenters. The smallest absolute Gasteiger partial charge is 0.266 e. The minimum absolute atomic E-state index is 0.0977. The lowest BCUT2D eigenvalue weighted by atomic mass is 10.2. The lowest BCUT2D eigenvalue weighted by Gasteiger charge is -2.14. The van der Waals surface area contributed by atoms with Crippen molar-refractivity contribution < 1.29 is 9.53 Å². The monoisotopic (exact) mass is 465 g/mol. The maximum absolute atomic E-state index is 13.2. The first-order chi connectivity index (χ1) is 15.6. The second-order valence-corrected chi connectivity index (χ2v) is 8.29. The average molecular weight is 466 g/mol. The van der Waals surface area contributed by atoms with Crippen LogP contribution >= 0.6 is 23.4 Å². The molecule has 0 bridgehead atoms. The number of fused-ring (bicyclic) bond motifs is 1. The number of rotatable bonds is 7. The molecule has 0 unspecified atom stereocenters. The van der Waals surface area contributed by atoms with Crippen molar-refractivity contribution in [1.29, 1.82) is 0 Å². The van der Waals surface area contributed by atoms with E-state index in [2.05, 4.69) is 10.3 Å². The molecule has 162 valence electrons. The van der Waals surface area contributed by atoms with Crippen molar-refractivity contribution in [2.45, 2.75) is 11.7 Å². The minimum atomic E-state index is -0.213. The van der Waals surface area contributed by atoms with Gasteiger partial charge < -0.3 is 10.1 Å². The summed E-state index contributed by atoms with van der Waals surface area (Å²) in [7, 11) is 1.59. The van der Waals surface area contributed by atoms with E-state index in [-0.39, 0.29) is 17.2 Å². The van der Waals surface area contributed by atoms with Gasteiger partial charge in [0.1, 0.15) is 5.75 Å². The lowest BCUT2D eigenvalue weighted by Crippen LogP contribution is -2.26. The quantitative estimate of drug-likeness (QED) is 0.322. The molecule has 1 N–H and O–H groups in total. The van der Waals surface area contributed by atoms with E-state index in [1.807, 2.05) is 30.3 Å². The molecule has 0 aliphatic heterocycles. The number of hydrogen-bond acceptors (Lipinski definition) is 5. The molecule has 1 heterocycles. The van der Waals surface area contributed by atoms with Crippen LogP contribution in [-0.2, 0) is 11.3 Å². The first kappa shape index (κ1) is 21.9. The topological polar surface area (TPSA) is 73.2 Å². The Bertz CT molecular complexity index is 1340. The van der Waals surface area contributed by atoms with E-state index in [9.17, 15) is 9.59 Å². The highest BCUT2D eigenvalue weighted by molar-refractivity contribution is 7.99. The molecule has 32 heavy (non-hydrogen) atoms. The van der Waals surface area contributed by atoms with Crippen LogP contribution in [0.3, 0.4) is 0 Å². The molecule has 0 aliphatic rings. The SMILES string of the molecule is COc1ccccc1CNC(=O)CSc1nc2ccccc2c(=O)n1-c1cccc(Cl)c1. The van der Waals surface area contributed by atoms with E-state index in [1.54, 1.807) is 49.6 Å². The molecule has 4 rings (SSSR count). The van der Waals surface area contributed by atoms with Crippen molar-refractivity contribution in [3.8, 4) is 11.4 Å².